The molecule has 2 N–H and O–H groups in total. The van der Waals surface area contributed by atoms with Crippen LogP contribution in [0.3, 0.4) is 0 Å². The summed E-state index contributed by atoms with van der Waals surface area (Å²) in [4.78, 5) is 22.9. The quantitative estimate of drug-likeness (QED) is 0.287. The van der Waals surface area contributed by atoms with Gasteiger partial charge in [0.2, 0.25) is 5.91 Å². The van der Waals surface area contributed by atoms with Crippen LogP contribution >= 0.6 is 31.9 Å². The SMILES string of the molecule is O=C(Cc1ccc(F)cc1)N/N=C/c1cc(Br)c(OCc2ccc(C(=O)O)cc2)c(Br)c1. The zero-order valence-corrected chi connectivity index (χ0v) is 19.7. The van der Waals surface area contributed by atoms with Crippen LogP contribution in [-0.4, -0.2) is 23.2 Å². The zero-order chi connectivity index (χ0) is 23.1. The summed E-state index contributed by atoms with van der Waals surface area (Å²) in [6.45, 7) is 0.254. The molecule has 0 unspecified atom stereocenters. The summed E-state index contributed by atoms with van der Waals surface area (Å²) in [7, 11) is 0. The molecule has 0 bridgehead atoms. The summed E-state index contributed by atoms with van der Waals surface area (Å²) in [6, 6.07) is 15.7. The fourth-order valence-corrected chi connectivity index (χ4v) is 4.15. The van der Waals surface area contributed by atoms with Crippen molar-refractivity contribution in [3.05, 3.63) is 97.7 Å². The molecule has 0 aliphatic carbocycles. The third kappa shape index (κ3) is 6.73. The van der Waals surface area contributed by atoms with E-state index < -0.39 is 5.97 Å². The van der Waals surface area contributed by atoms with E-state index >= 15 is 0 Å². The van der Waals surface area contributed by atoms with Crippen LogP contribution < -0.4 is 10.2 Å². The van der Waals surface area contributed by atoms with Gasteiger partial charge in [-0.1, -0.05) is 24.3 Å². The van der Waals surface area contributed by atoms with Crippen molar-refractivity contribution in [2.75, 3.05) is 0 Å². The van der Waals surface area contributed by atoms with E-state index in [2.05, 4.69) is 42.4 Å². The lowest BCUT2D eigenvalue weighted by Crippen LogP contribution is -2.19. The average molecular weight is 564 g/mol. The third-order valence-corrected chi connectivity index (χ3v) is 5.46. The minimum absolute atomic E-state index is 0.0885. The Hall–Kier alpha value is -3.04. The van der Waals surface area contributed by atoms with Crippen molar-refractivity contribution in [3.63, 3.8) is 0 Å². The van der Waals surface area contributed by atoms with Gasteiger partial charge in [-0.3, -0.25) is 4.79 Å². The maximum absolute atomic E-state index is 12.9. The van der Waals surface area contributed by atoms with Gasteiger partial charge in [0.1, 0.15) is 18.2 Å². The first-order valence-electron chi connectivity index (χ1n) is 9.32. The lowest BCUT2D eigenvalue weighted by molar-refractivity contribution is -0.120. The molecule has 3 aromatic rings. The average Bonchev–Trinajstić information content (AvgIpc) is 2.75. The summed E-state index contributed by atoms with van der Waals surface area (Å²) in [5.74, 6) is -1.08. The molecule has 0 aromatic heterocycles. The van der Waals surface area contributed by atoms with E-state index in [9.17, 15) is 14.0 Å². The molecule has 6 nitrogen and oxygen atoms in total. The summed E-state index contributed by atoms with van der Waals surface area (Å²) >= 11 is 6.92. The van der Waals surface area contributed by atoms with Crippen LogP contribution in [0, 0.1) is 5.82 Å². The predicted molar refractivity (Wildman–Crippen MR) is 125 cm³/mol. The van der Waals surface area contributed by atoms with Gasteiger partial charge >= 0.3 is 5.97 Å². The van der Waals surface area contributed by atoms with Crippen molar-refractivity contribution in [1.29, 1.82) is 0 Å². The molecule has 1 amide bonds. The van der Waals surface area contributed by atoms with Crippen molar-refractivity contribution in [2.45, 2.75) is 13.0 Å². The number of hydrogen-bond acceptors (Lipinski definition) is 4. The molecule has 32 heavy (non-hydrogen) atoms. The highest BCUT2D eigenvalue weighted by molar-refractivity contribution is 9.11. The van der Waals surface area contributed by atoms with Crippen molar-refractivity contribution in [3.8, 4) is 5.75 Å². The van der Waals surface area contributed by atoms with Crippen molar-refractivity contribution in [2.24, 2.45) is 5.10 Å². The van der Waals surface area contributed by atoms with E-state index in [1.165, 1.54) is 30.5 Å². The Morgan fingerprint density at radius 1 is 1.00 bits per heavy atom. The zero-order valence-electron chi connectivity index (χ0n) is 16.5. The van der Waals surface area contributed by atoms with Crippen molar-refractivity contribution < 1.29 is 23.8 Å². The Balaban J connectivity index is 1.57. The van der Waals surface area contributed by atoms with Crippen LogP contribution in [-0.2, 0) is 17.8 Å². The van der Waals surface area contributed by atoms with E-state index in [0.717, 1.165) is 5.56 Å². The Morgan fingerprint density at radius 3 is 2.19 bits per heavy atom. The Labute approximate surface area is 200 Å². The van der Waals surface area contributed by atoms with Crippen LogP contribution in [0.15, 0.2) is 74.7 Å². The number of hydrazone groups is 1. The van der Waals surface area contributed by atoms with Crippen LogP contribution in [0.1, 0.15) is 27.0 Å². The number of aromatic carboxylic acids is 1. The first-order valence-corrected chi connectivity index (χ1v) is 10.9. The molecular formula is C23H17Br2FN2O4. The van der Waals surface area contributed by atoms with Gasteiger partial charge in [0.15, 0.2) is 0 Å². The van der Waals surface area contributed by atoms with Crippen molar-refractivity contribution in [1.82, 2.24) is 5.43 Å². The minimum atomic E-state index is -0.980. The van der Waals surface area contributed by atoms with E-state index in [1.54, 1.807) is 36.4 Å². The number of carboxylic acid groups (broad SMARTS) is 1. The molecule has 0 atom stereocenters. The largest absolute Gasteiger partial charge is 0.487 e. The molecule has 164 valence electrons. The Morgan fingerprint density at radius 2 is 1.59 bits per heavy atom. The Kier molecular flexibility index (Phi) is 8.13. The van der Waals surface area contributed by atoms with E-state index in [0.29, 0.717) is 25.8 Å². The van der Waals surface area contributed by atoms with Gasteiger partial charge in [-0.05, 0) is 84.9 Å². The number of nitrogens with zero attached hydrogens (tertiary/aromatic N) is 1. The van der Waals surface area contributed by atoms with Gasteiger partial charge in [0.25, 0.3) is 0 Å². The third-order valence-electron chi connectivity index (χ3n) is 4.29. The van der Waals surface area contributed by atoms with Crippen LogP contribution in [0.25, 0.3) is 0 Å². The number of carbonyl (C=O) groups excluding carboxylic acids is 1. The number of carbonyl (C=O) groups is 2. The maximum atomic E-state index is 12.9. The van der Waals surface area contributed by atoms with Gasteiger partial charge < -0.3 is 9.84 Å². The predicted octanol–water partition coefficient (Wildman–Crippen LogP) is 5.32. The molecule has 0 radical (unpaired) electrons. The molecule has 0 saturated carbocycles. The molecular weight excluding hydrogens is 547 g/mol. The number of nitrogens with one attached hydrogen (secondary N) is 1. The summed E-state index contributed by atoms with van der Waals surface area (Å²) in [5, 5.41) is 12.9. The number of halogens is 3. The topological polar surface area (TPSA) is 88.0 Å². The smallest absolute Gasteiger partial charge is 0.335 e. The monoisotopic (exact) mass is 562 g/mol. The number of amides is 1. The highest BCUT2D eigenvalue weighted by atomic mass is 79.9. The van der Waals surface area contributed by atoms with Gasteiger partial charge in [-0.15, -0.1) is 0 Å². The second kappa shape index (κ2) is 11.0. The first kappa shape index (κ1) is 23.6. The van der Waals surface area contributed by atoms with Crippen LogP contribution in [0.2, 0.25) is 0 Å². The lowest BCUT2D eigenvalue weighted by atomic mass is 10.1. The normalized spacial score (nSPS) is 10.8. The maximum Gasteiger partial charge on any atom is 0.335 e. The fourth-order valence-electron chi connectivity index (χ4n) is 2.70. The van der Waals surface area contributed by atoms with E-state index in [4.69, 9.17) is 9.84 Å². The summed E-state index contributed by atoms with van der Waals surface area (Å²) < 4.78 is 20.1. The molecule has 0 aliphatic rings. The molecule has 3 aromatic carbocycles. The number of benzene rings is 3. The molecule has 0 fully saturated rings. The lowest BCUT2D eigenvalue weighted by Gasteiger charge is -2.11. The molecule has 9 heteroatoms. The first-order chi connectivity index (χ1) is 15.3. The highest BCUT2D eigenvalue weighted by Crippen LogP contribution is 2.35. The van der Waals surface area contributed by atoms with E-state index in [-0.39, 0.29) is 30.3 Å². The van der Waals surface area contributed by atoms with Crippen LogP contribution in [0.5, 0.6) is 5.75 Å². The molecule has 3 rings (SSSR count). The number of hydrogen-bond donors (Lipinski definition) is 2. The number of carboxylic acids is 1. The molecule has 0 saturated heterocycles. The number of ether oxygens (including phenoxy) is 1. The molecule has 0 heterocycles. The fraction of sp³-hybridized carbons (Fsp3) is 0.0870. The summed E-state index contributed by atoms with van der Waals surface area (Å²) in [5.41, 5.74) is 4.87. The second-order valence-electron chi connectivity index (χ2n) is 6.70. The van der Waals surface area contributed by atoms with Crippen LogP contribution in [0.4, 0.5) is 4.39 Å². The number of rotatable bonds is 8. The van der Waals surface area contributed by atoms with Gasteiger partial charge in [0.05, 0.1) is 27.1 Å². The highest BCUT2D eigenvalue weighted by Gasteiger charge is 2.10. The minimum Gasteiger partial charge on any atom is -0.487 e. The van der Waals surface area contributed by atoms with Crippen molar-refractivity contribution >= 4 is 50.0 Å². The standard InChI is InChI=1S/C23H17Br2FN2O4/c24-19-9-16(12-27-28-21(29)11-14-3-7-18(26)8-4-14)10-20(25)22(19)32-13-15-1-5-17(6-2-15)23(30)31/h1-10,12H,11,13H2,(H,28,29)(H,30,31)/b27-12+. The second-order valence-corrected chi connectivity index (χ2v) is 8.41. The molecule has 0 aliphatic heterocycles. The van der Waals surface area contributed by atoms with E-state index in [1.807, 2.05) is 0 Å². The Bertz CT molecular complexity index is 1130. The molecule has 0 spiro atoms. The van der Waals surface area contributed by atoms with Gasteiger partial charge in [-0.25, -0.2) is 14.6 Å². The summed E-state index contributed by atoms with van der Waals surface area (Å²) in [6.07, 6.45) is 1.58. The van der Waals surface area contributed by atoms with Gasteiger partial charge in [0, 0.05) is 0 Å². The van der Waals surface area contributed by atoms with Gasteiger partial charge in [-0.2, -0.15) is 5.10 Å².